The zero-order chi connectivity index (χ0) is 11.2. The predicted octanol–water partition coefficient (Wildman–Crippen LogP) is 2.43. The van der Waals surface area contributed by atoms with Crippen LogP contribution in [-0.2, 0) is 0 Å². The maximum Gasteiger partial charge on any atom is 0.116 e. The molecule has 1 aromatic carbocycles. The lowest BCUT2D eigenvalue weighted by atomic mass is 10.3. The summed E-state index contributed by atoms with van der Waals surface area (Å²) in [4.78, 5) is 12.8. The number of fused-ring (bicyclic) bond motifs is 5. The van der Waals surface area contributed by atoms with E-state index >= 15 is 0 Å². The number of rotatable bonds is 0. The minimum atomic E-state index is 0.943. The Bertz CT molecular complexity index is 848. The van der Waals surface area contributed by atoms with E-state index in [9.17, 15) is 0 Å². The normalized spacial score (nSPS) is 11.5. The predicted molar refractivity (Wildman–Crippen MR) is 65.8 cm³/mol. The Kier molecular flexibility index (Phi) is 1.53. The molecule has 4 rings (SSSR count). The van der Waals surface area contributed by atoms with Gasteiger partial charge in [0.05, 0.1) is 22.7 Å². The van der Waals surface area contributed by atoms with E-state index in [1.807, 2.05) is 30.6 Å². The van der Waals surface area contributed by atoms with E-state index in [-0.39, 0.29) is 0 Å². The summed E-state index contributed by atoms with van der Waals surface area (Å²) in [5.41, 5.74) is 4.02. The molecule has 0 aliphatic heterocycles. The molecule has 0 fully saturated rings. The van der Waals surface area contributed by atoms with Crippen LogP contribution in [0.1, 0.15) is 0 Å². The van der Waals surface area contributed by atoms with Crippen LogP contribution in [0.4, 0.5) is 0 Å². The molecular weight excluding hydrogens is 212 g/mol. The van der Waals surface area contributed by atoms with Gasteiger partial charge in [0.25, 0.3) is 0 Å². The lowest BCUT2D eigenvalue weighted by molar-refractivity contribution is 1.22. The summed E-state index contributed by atoms with van der Waals surface area (Å²) in [5.74, 6) is 0. The Morgan fingerprint density at radius 1 is 0.941 bits per heavy atom. The molecule has 4 heteroatoms. The first-order chi connectivity index (χ1) is 8.43. The lowest BCUT2D eigenvalue weighted by Crippen LogP contribution is -1.88. The van der Waals surface area contributed by atoms with E-state index in [2.05, 4.69) is 31.6 Å². The van der Waals surface area contributed by atoms with Crippen molar-refractivity contribution in [2.45, 2.75) is 0 Å². The second kappa shape index (κ2) is 3.01. The van der Waals surface area contributed by atoms with Crippen molar-refractivity contribution in [3.63, 3.8) is 0 Å². The van der Waals surface area contributed by atoms with E-state index in [1.165, 1.54) is 0 Å². The third-order valence-corrected chi connectivity index (χ3v) is 2.98. The summed E-state index contributed by atoms with van der Waals surface area (Å²) in [7, 11) is 0. The van der Waals surface area contributed by atoms with E-state index in [0.717, 1.165) is 27.5 Å². The highest BCUT2D eigenvalue weighted by molar-refractivity contribution is 5.96. The minimum Gasteiger partial charge on any atom is -0.311 e. The van der Waals surface area contributed by atoms with Crippen molar-refractivity contribution in [2.75, 3.05) is 0 Å². The van der Waals surface area contributed by atoms with E-state index in [4.69, 9.17) is 0 Å². The number of aromatic nitrogens is 4. The van der Waals surface area contributed by atoms with Gasteiger partial charge >= 0.3 is 0 Å². The topological polar surface area (TPSA) is 43.1 Å². The van der Waals surface area contributed by atoms with Gasteiger partial charge in [-0.3, -0.25) is 4.98 Å². The summed E-state index contributed by atoms with van der Waals surface area (Å²) in [6.07, 6.45) is 7.30. The van der Waals surface area contributed by atoms with Gasteiger partial charge in [-0.05, 0) is 12.1 Å². The number of nitrogens with zero attached hydrogens (tertiary/aromatic N) is 4. The van der Waals surface area contributed by atoms with E-state index in [0.29, 0.717) is 0 Å². The molecule has 0 saturated carbocycles. The van der Waals surface area contributed by atoms with E-state index in [1.54, 1.807) is 6.33 Å². The standard InChI is InChI=1S/C13H8N4/c1-2-4-11-10(3-1)15-6-12-13-9(7-17(11)12)5-14-8-16-13/h1-8H. The summed E-state index contributed by atoms with van der Waals surface area (Å²) in [6, 6.07) is 8.07. The van der Waals surface area contributed by atoms with Gasteiger partial charge in [-0.2, -0.15) is 0 Å². The van der Waals surface area contributed by atoms with Crippen LogP contribution in [0.2, 0.25) is 0 Å². The summed E-state index contributed by atoms with van der Waals surface area (Å²) in [5, 5.41) is 1.03. The van der Waals surface area contributed by atoms with Crippen LogP contribution in [0.3, 0.4) is 0 Å². The van der Waals surface area contributed by atoms with Gasteiger partial charge in [-0.15, -0.1) is 0 Å². The molecule has 0 aliphatic carbocycles. The average molecular weight is 220 g/mol. The monoisotopic (exact) mass is 220 g/mol. The number of hydrogen-bond donors (Lipinski definition) is 0. The van der Waals surface area contributed by atoms with Crippen LogP contribution in [0.5, 0.6) is 0 Å². The number of hydrogen-bond acceptors (Lipinski definition) is 3. The SMILES string of the molecule is c1ccc2c(c1)ncc1c3ncncc3cn21. The maximum absolute atomic E-state index is 4.45. The highest BCUT2D eigenvalue weighted by Gasteiger charge is 2.06. The van der Waals surface area contributed by atoms with Crippen LogP contribution in [0.25, 0.3) is 27.5 Å². The van der Waals surface area contributed by atoms with Crippen LogP contribution < -0.4 is 0 Å². The van der Waals surface area contributed by atoms with Crippen LogP contribution in [-0.4, -0.2) is 19.4 Å². The van der Waals surface area contributed by atoms with Crippen molar-refractivity contribution < 1.29 is 0 Å². The van der Waals surface area contributed by atoms with Crippen molar-refractivity contribution in [3.05, 3.63) is 49.2 Å². The van der Waals surface area contributed by atoms with Crippen molar-refractivity contribution >= 4 is 27.5 Å². The molecular formula is C13H8N4. The Morgan fingerprint density at radius 2 is 1.88 bits per heavy atom. The molecule has 80 valence electrons. The molecule has 0 atom stereocenters. The molecule has 4 nitrogen and oxygen atoms in total. The Balaban J connectivity index is 2.34. The fourth-order valence-electron chi connectivity index (χ4n) is 2.20. The summed E-state index contributed by atoms with van der Waals surface area (Å²) < 4.78 is 2.11. The molecule has 0 unspecified atom stereocenters. The van der Waals surface area contributed by atoms with E-state index < -0.39 is 0 Å². The van der Waals surface area contributed by atoms with Crippen molar-refractivity contribution in [2.24, 2.45) is 0 Å². The molecule has 0 spiro atoms. The molecule has 0 saturated heterocycles. The van der Waals surface area contributed by atoms with Gasteiger partial charge < -0.3 is 4.40 Å². The Morgan fingerprint density at radius 3 is 2.88 bits per heavy atom. The molecule has 4 aromatic rings. The highest BCUT2D eigenvalue weighted by atomic mass is 15.0. The van der Waals surface area contributed by atoms with Crippen LogP contribution in [0, 0.1) is 0 Å². The molecule has 0 amide bonds. The zero-order valence-corrected chi connectivity index (χ0v) is 8.91. The molecule has 3 heterocycles. The second-order valence-electron chi connectivity index (χ2n) is 3.96. The largest absolute Gasteiger partial charge is 0.311 e. The van der Waals surface area contributed by atoms with Crippen LogP contribution >= 0.6 is 0 Å². The fraction of sp³-hybridized carbons (Fsp3) is 0. The maximum atomic E-state index is 4.45. The van der Waals surface area contributed by atoms with Gasteiger partial charge in [-0.1, -0.05) is 12.1 Å². The average Bonchev–Trinajstić information content (AvgIpc) is 2.78. The Hall–Kier alpha value is -2.49. The van der Waals surface area contributed by atoms with Gasteiger partial charge in [-0.25, -0.2) is 9.97 Å². The molecule has 0 aliphatic rings. The van der Waals surface area contributed by atoms with Gasteiger partial charge in [0.2, 0.25) is 0 Å². The second-order valence-corrected chi connectivity index (χ2v) is 3.96. The van der Waals surface area contributed by atoms with Gasteiger partial charge in [0.1, 0.15) is 11.8 Å². The molecule has 0 bridgehead atoms. The lowest BCUT2D eigenvalue weighted by Gasteiger charge is -2.00. The third kappa shape index (κ3) is 1.09. The van der Waals surface area contributed by atoms with Crippen molar-refractivity contribution in [1.82, 2.24) is 19.4 Å². The smallest absolute Gasteiger partial charge is 0.116 e. The highest BCUT2D eigenvalue weighted by Crippen LogP contribution is 2.22. The number of para-hydroxylation sites is 2. The first kappa shape index (κ1) is 8.64. The van der Waals surface area contributed by atoms with Crippen molar-refractivity contribution in [3.8, 4) is 0 Å². The summed E-state index contributed by atoms with van der Waals surface area (Å²) in [6.45, 7) is 0. The molecule has 17 heavy (non-hydrogen) atoms. The third-order valence-electron chi connectivity index (χ3n) is 2.98. The fourth-order valence-corrected chi connectivity index (χ4v) is 2.20. The number of benzene rings is 1. The molecule has 0 N–H and O–H groups in total. The molecule has 0 radical (unpaired) electrons. The summed E-state index contributed by atoms with van der Waals surface area (Å²) >= 11 is 0. The minimum absolute atomic E-state index is 0.943. The van der Waals surface area contributed by atoms with Gasteiger partial charge in [0.15, 0.2) is 0 Å². The quantitative estimate of drug-likeness (QED) is 0.457. The van der Waals surface area contributed by atoms with Crippen molar-refractivity contribution in [1.29, 1.82) is 0 Å². The van der Waals surface area contributed by atoms with Gasteiger partial charge in [0, 0.05) is 17.8 Å². The molecule has 3 aromatic heterocycles. The van der Waals surface area contributed by atoms with Crippen LogP contribution in [0.15, 0.2) is 49.2 Å². The zero-order valence-electron chi connectivity index (χ0n) is 8.91. The Labute approximate surface area is 96.6 Å². The first-order valence-corrected chi connectivity index (χ1v) is 5.38. The first-order valence-electron chi connectivity index (χ1n) is 5.38.